The van der Waals surface area contributed by atoms with E-state index in [0.29, 0.717) is 33.0 Å². The Morgan fingerprint density at radius 3 is 1.05 bits per heavy atom. The number of aromatic nitrogens is 6. The molecule has 0 aliphatic rings. The fourth-order valence-corrected chi connectivity index (χ4v) is 6.46. The van der Waals surface area contributed by atoms with Gasteiger partial charge in [0.25, 0.3) is 0 Å². The van der Waals surface area contributed by atoms with Gasteiger partial charge in [-0.1, -0.05) is 60.7 Å². The van der Waals surface area contributed by atoms with Crippen LogP contribution in [0.1, 0.15) is 0 Å². The van der Waals surface area contributed by atoms with Crippen molar-refractivity contribution in [2.75, 3.05) is 0 Å². The van der Waals surface area contributed by atoms with Crippen molar-refractivity contribution >= 4 is 21.5 Å². The number of rotatable bonds is 6. The molecule has 0 saturated heterocycles. The summed E-state index contributed by atoms with van der Waals surface area (Å²) in [5, 5.41) is 47.5. The number of hydrogen-bond acceptors (Lipinski definition) is 10. The van der Waals surface area contributed by atoms with Crippen molar-refractivity contribution in [1.82, 2.24) is 29.9 Å². The van der Waals surface area contributed by atoms with Crippen LogP contribution in [0.2, 0.25) is 0 Å². The predicted octanol–water partition coefficient (Wildman–Crippen LogP) is 9.47. The van der Waals surface area contributed by atoms with Gasteiger partial charge in [0.05, 0.1) is 22.3 Å². The number of hydrogen-bond donors (Lipinski definition) is 4. The molecule has 0 aliphatic carbocycles. The lowest BCUT2D eigenvalue weighted by molar-refractivity contribution is 0.463. The summed E-state index contributed by atoms with van der Waals surface area (Å²) < 4.78 is 27.9. The smallest absolute Gasteiger partial charge is 0.167 e. The standard InChI is InChI=1S/C44H26F2N6O4/c45-29-15-13-23-17-27(11-9-25(23)19-29)39-47-41(31-5-1-3-7-35(31)53)51-43(49-39)33-21-38(56)34(22-37(33)55)44-50-40(48-42(52-44)32-6-2-4-8-36(32)54)28-12-10-26-20-30(46)16-14-24(26)18-28/h1-22,53-56H. The summed E-state index contributed by atoms with van der Waals surface area (Å²) in [5.41, 5.74) is 1.77. The van der Waals surface area contributed by atoms with Gasteiger partial charge < -0.3 is 20.4 Å². The van der Waals surface area contributed by atoms with Gasteiger partial charge in [0.1, 0.15) is 34.6 Å². The lowest BCUT2D eigenvalue weighted by Crippen LogP contribution is -2.02. The molecule has 4 N–H and O–H groups in total. The minimum absolute atomic E-state index is 0.0226. The molecular formula is C44H26F2N6O4. The Bertz CT molecular complexity index is 2830. The van der Waals surface area contributed by atoms with Crippen molar-refractivity contribution in [3.63, 3.8) is 0 Å². The molecule has 9 rings (SSSR count). The highest BCUT2D eigenvalue weighted by Gasteiger charge is 2.22. The largest absolute Gasteiger partial charge is 0.507 e. The minimum atomic E-state index is -0.373. The van der Waals surface area contributed by atoms with Gasteiger partial charge in [-0.3, -0.25) is 0 Å². The van der Waals surface area contributed by atoms with E-state index in [1.54, 1.807) is 84.9 Å². The molecule has 0 atom stereocenters. The highest BCUT2D eigenvalue weighted by atomic mass is 19.1. The quantitative estimate of drug-likeness (QED) is 0.121. The summed E-state index contributed by atoms with van der Waals surface area (Å²) in [5.74, 6) is -1.08. The van der Waals surface area contributed by atoms with E-state index < -0.39 is 0 Å². The zero-order valence-electron chi connectivity index (χ0n) is 28.9. The van der Waals surface area contributed by atoms with Gasteiger partial charge in [0.15, 0.2) is 34.9 Å². The van der Waals surface area contributed by atoms with E-state index in [2.05, 4.69) is 29.9 Å². The number of phenolic OH excluding ortho intramolecular Hbond substituents is 4. The summed E-state index contributed by atoms with van der Waals surface area (Å²) in [6.45, 7) is 0. The maximum atomic E-state index is 13.9. The third-order valence-electron chi connectivity index (χ3n) is 9.28. The molecule has 0 amide bonds. The third kappa shape index (κ3) is 6.30. The Balaban J connectivity index is 1.19. The van der Waals surface area contributed by atoms with E-state index in [9.17, 15) is 29.2 Å². The second-order valence-corrected chi connectivity index (χ2v) is 12.9. The van der Waals surface area contributed by atoms with E-state index in [0.717, 1.165) is 10.8 Å². The zero-order chi connectivity index (χ0) is 38.5. The molecule has 0 saturated carbocycles. The SMILES string of the molecule is Oc1ccccc1-c1nc(-c2ccc3cc(F)ccc3c2)nc(-c2cc(O)c(-c3nc(-c4ccc5cc(F)ccc5c4)nc(-c4ccccc4O)n3)cc2O)n1. The molecule has 270 valence electrons. The van der Waals surface area contributed by atoms with E-state index in [4.69, 9.17) is 0 Å². The van der Waals surface area contributed by atoms with Gasteiger partial charge in [0, 0.05) is 11.1 Å². The maximum absolute atomic E-state index is 13.9. The van der Waals surface area contributed by atoms with Crippen molar-refractivity contribution in [2.45, 2.75) is 0 Å². The monoisotopic (exact) mass is 740 g/mol. The second-order valence-electron chi connectivity index (χ2n) is 12.9. The molecule has 10 nitrogen and oxygen atoms in total. The van der Waals surface area contributed by atoms with Crippen molar-refractivity contribution in [1.29, 1.82) is 0 Å². The predicted molar refractivity (Wildman–Crippen MR) is 207 cm³/mol. The minimum Gasteiger partial charge on any atom is -0.507 e. The number of phenols is 4. The van der Waals surface area contributed by atoms with Gasteiger partial charge >= 0.3 is 0 Å². The van der Waals surface area contributed by atoms with Crippen LogP contribution in [-0.4, -0.2) is 50.3 Å². The molecule has 2 heterocycles. The molecule has 0 bridgehead atoms. The van der Waals surface area contributed by atoms with Gasteiger partial charge in [-0.2, -0.15) is 0 Å². The summed E-state index contributed by atoms with van der Waals surface area (Å²) in [6, 6.07) is 34.9. The van der Waals surface area contributed by atoms with Crippen LogP contribution in [0.3, 0.4) is 0 Å². The molecule has 7 aromatic carbocycles. The van der Waals surface area contributed by atoms with Crippen LogP contribution in [0.15, 0.2) is 133 Å². The van der Waals surface area contributed by atoms with Crippen LogP contribution in [-0.2, 0) is 0 Å². The lowest BCUT2D eigenvalue weighted by Gasteiger charge is -2.13. The Hall–Kier alpha value is -7.86. The van der Waals surface area contributed by atoms with Gasteiger partial charge in [-0.15, -0.1) is 0 Å². The number of fused-ring (bicyclic) bond motifs is 2. The highest BCUT2D eigenvalue weighted by molar-refractivity contribution is 5.88. The van der Waals surface area contributed by atoms with Crippen LogP contribution in [0.5, 0.6) is 23.0 Å². The average Bonchev–Trinajstić information content (AvgIpc) is 3.21. The van der Waals surface area contributed by atoms with Crippen molar-refractivity contribution in [2.24, 2.45) is 0 Å². The van der Waals surface area contributed by atoms with E-state index in [-0.39, 0.29) is 80.7 Å². The maximum Gasteiger partial charge on any atom is 0.167 e. The van der Waals surface area contributed by atoms with Crippen LogP contribution in [0.4, 0.5) is 8.78 Å². The number of aromatic hydroxyl groups is 4. The topological polar surface area (TPSA) is 158 Å². The normalized spacial score (nSPS) is 11.3. The molecule has 9 aromatic rings. The highest BCUT2D eigenvalue weighted by Crippen LogP contribution is 2.40. The van der Waals surface area contributed by atoms with Crippen molar-refractivity contribution in [3.8, 4) is 91.3 Å². The van der Waals surface area contributed by atoms with E-state index in [1.165, 1.54) is 48.5 Å². The van der Waals surface area contributed by atoms with Gasteiger partial charge in [-0.05, 0) is 94.3 Å². The average molecular weight is 741 g/mol. The second kappa shape index (κ2) is 13.5. The lowest BCUT2D eigenvalue weighted by atomic mass is 10.0. The molecule has 2 aromatic heterocycles. The molecule has 0 spiro atoms. The molecule has 0 unspecified atom stereocenters. The molecule has 0 aliphatic heterocycles. The summed E-state index contributed by atoms with van der Waals surface area (Å²) in [4.78, 5) is 27.8. The van der Waals surface area contributed by atoms with E-state index in [1.807, 2.05) is 0 Å². The first-order valence-corrected chi connectivity index (χ1v) is 17.2. The summed E-state index contributed by atoms with van der Waals surface area (Å²) in [7, 11) is 0. The molecule has 0 fully saturated rings. The van der Waals surface area contributed by atoms with Gasteiger partial charge in [0.2, 0.25) is 0 Å². The first-order chi connectivity index (χ1) is 27.2. The third-order valence-corrected chi connectivity index (χ3v) is 9.28. The number of para-hydroxylation sites is 2. The fraction of sp³-hybridized carbons (Fsp3) is 0. The number of halogens is 2. The molecule has 56 heavy (non-hydrogen) atoms. The summed E-state index contributed by atoms with van der Waals surface area (Å²) in [6.07, 6.45) is 0. The Morgan fingerprint density at radius 1 is 0.304 bits per heavy atom. The van der Waals surface area contributed by atoms with Crippen LogP contribution >= 0.6 is 0 Å². The Labute approximate surface area is 316 Å². The molecular weight excluding hydrogens is 715 g/mol. The number of nitrogens with zero attached hydrogens (tertiary/aromatic N) is 6. The van der Waals surface area contributed by atoms with E-state index >= 15 is 0 Å². The first kappa shape index (κ1) is 33.9. The van der Waals surface area contributed by atoms with Crippen LogP contribution in [0.25, 0.3) is 89.9 Å². The molecule has 12 heteroatoms. The van der Waals surface area contributed by atoms with Crippen molar-refractivity contribution < 1.29 is 29.2 Å². The fourth-order valence-electron chi connectivity index (χ4n) is 6.46. The van der Waals surface area contributed by atoms with Crippen LogP contribution < -0.4 is 0 Å². The number of benzene rings is 7. The Morgan fingerprint density at radius 2 is 0.643 bits per heavy atom. The van der Waals surface area contributed by atoms with Gasteiger partial charge in [-0.25, -0.2) is 38.7 Å². The first-order valence-electron chi connectivity index (χ1n) is 17.2. The zero-order valence-corrected chi connectivity index (χ0v) is 28.9. The molecule has 0 radical (unpaired) electrons. The Kier molecular flexibility index (Phi) is 8.20. The van der Waals surface area contributed by atoms with Crippen LogP contribution in [0, 0.1) is 11.6 Å². The summed E-state index contributed by atoms with van der Waals surface area (Å²) >= 11 is 0. The van der Waals surface area contributed by atoms with Crippen molar-refractivity contribution in [3.05, 3.63) is 145 Å².